The molecule has 21 heavy (non-hydrogen) atoms. The molecule has 0 radical (unpaired) electrons. The number of hydrogen-bond donors (Lipinski definition) is 1. The quantitative estimate of drug-likeness (QED) is 0.820. The van der Waals surface area contributed by atoms with Crippen LogP contribution in [0.25, 0.3) is 0 Å². The van der Waals surface area contributed by atoms with Gasteiger partial charge in [0.2, 0.25) is 0 Å². The van der Waals surface area contributed by atoms with Crippen LogP contribution >= 0.6 is 0 Å². The van der Waals surface area contributed by atoms with Gasteiger partial charge < -0.3 is 10.1 Å². The first-order valence-electron chi connectivity index (χ1n) is 8.23. The van der Waals surface area contributed by atoms with Gasteiger partial charge in [-0.1, -0.05) is 32.8 Å². The Bertz CT molecular complexity index is 441. The van der Waals surface area contributed by atoms with Gasteiger partial charge in [0.25, 0.3) is 0 Å². The average Bonchev–Trinajstić information content (AvgIpc) is 2.50. The van der Waals surface area contributed by atoms with E-state index in [9.17, 15) is 4.39 Å². The minimum atomic E-state index is -0.151. The molecule has 1 fully saturated rings. The Labute approximate surface area is 128 Å². The monoisotopic (exact) mass is 293 g/mol. The molecule has 1 N–H and O–H groups in total. The maximum absolute atomic E-state index is 14.4. The first-order chi connectivity index (χ1) is 10.2. The second-order valence-electron chi connectivity index (χ2n) is 6.31. The summed E-state index contributed by atoms with van der Waals surface area (Å²) in [5.74, 6) is 1.82. The number of rotatable bonds is 6. The highest BCUT2D eigenvalue weighted by Crippen LogP contribution is 2.40. The van der Waals surface area contributed by atoms with Gasteiger partial charge in [0.1, 0.15) is 11.6 Å². The summed E-state index contributed by atoms with van der Waals surface area (Å²) < 4.78 is 19.8. The van der Waals surface area contributed by atoms with Crippen molar-refractivity contribution in [2.45, 2.75) is 52.0 Å². The van der Waals surface area contributed by atoms with Crippen LogP contribution in [-0.2, 0) is 0 Å². The summed E-state index contributed by atoms with van der Waals surface area (Å²) in [6.45, 7) is 5.37. The standard InChI is InChI=1S/C18H28FNO/c1-4-12-20-18(14-10-8-13(2)9-11-14)17-15(19)6-5-7-16(17)21-3/h5-7,13-14,18,20H,4,8-12H2,1-3H3. The molecule has 0 saturated heterocycles. The molecule has 3 heteroatoms. The third-order valence-corrected chi connectivity index (χ3v) is 4.69. The second kappa shape index (κ2) is 7.79. The van der Waals surface area contributed by atoms with E-state index in [-0.39, 0.29) is 11.9 Å². The molecule has 1 unspecified atom stereocenters. The summed E-state index contributed by atoms with van der Waals surface area (Å²) >= 11 is 0. The lowest BCUT2D eigenvalue weighted by atomic mass is 9.77. The number of halogens is 1. The van der Waals surface area contributed by atoms with Crippen molar-refractivity contribution in [2.24, 2.45) is 11.8 Å². The lowest BCUT2D eigenvalue weighted by Crippen LogP contribution is -2.32. The van der Waals surface area contributed by atoms with Gasteiger partial charge in [0.15, 0.2) is 0 Å². The summed E-state index contributed by atoms with van der Waals surface area (Å²) in [5, 5.41) is 3.57. The summed E-state index contributed by atoms with van der Waals surface area (Å²) in [7, 11) is 1.62. The van der Waals surface area contributed by atoms with Gasteiger partial charge in [-0.3, -0.25) is 0 Å². The van der Waals surface area contributed by atoms with Gasteiger partial charge in [-0.05, 0) is 49.8 Å². The van der Waals surface area contributed by atoms with E-state index in [1.165, 1.54) is 25.7 Å². The van der Waals surface area contributed by atoms with Gasteiger partial charge in [-0.15, -0.1) is 0 Å². The van der Waals surface area contributed by atoms with Crippen LogP contribution in [-0.4, -0.2) is 13.7 Å². The van der Waals surface area contributed by atoms with Crippen LogP contribution in [0, 0.1) is 17.7 Å². The predicted octanol–water partition coefficient (Wildman–Crippen LogP) is 4.70. The minimum absolute atomic E-state index is 0.0635. The summed E-state index contributed by atoms with van der Waals surface area (Å²) in [6, 6.07) is 5.19. The van der Waals surface area contributed by atoms with Gasteiger partial charge in [0.05, 0.1) is 7.11 Å². The van der Waals surface area contributed by atoms with E-state index >= 15 is 0 Å². The molecular formula is C18H28FNO. The van der Waals surface area contributed by atoms with Crippen LogP contribution in [0.1, 0.15) is 57.6 Å². The smallest absolute Gasteiger partial charge is 0.131 e. The maximum atomic E-state index is 14.4. The van der Waals surface area contributed by atoms with Crippen LogP contribution in [0.4, 0.5) is 4.39 Å². The summed E-state index contributed by atoms with van der Waals surface area (Å²) in [6.07, 6.45) is 5.87. The van der Waals surface area contributed by atoms with Crippen molar-refractivity contribution in [3.63, 3.8) is 0 Å². The van der Waals surface area contributed by atoms with Crippen molar-refractivity contribution in [1.29, 1.82) is 0 Å². The molecule has 2 rings (SSSR count). The van der Waals surface area contributed by atoms with Crippen LogP contribution < -0.4 is 10.1 Å². The zero-order valence-corrected chi connectivity index (χ0v) is 13.5. The van der Waals surface area contributed by atoms with Crippen LogP contribution in [0.3, 0.4) is 0 Å². The number of nitrogens with one attached hydrogen (secondary N) is 1. The molecule has 0 heterocycles. The molecule has 1 aliphatic rings. The van der Waals surface area contributed by atoms with Crippen molar-refractivity contribution in [1.82, 2.24) is 5.32 Å². The van der Waals surface area contributed by atoms with E-state index in [0.29, 0.717) is 17.2 Å². The highest BCUT2D eigenvalue weighted by atomic mass is 19.1. The van der Waals surface area contributed by atoms with E-state index < -0.39 is 0 Å². The van der Waals surface area contributed by atoms with Gasteiger partial charge in [-0.2, -0.15) is 0 Å². The zero-order valence-electron chi connectivity index (χ0n) is 13.5. The normalized spacial score (nSPS) is 23.8. The predicted molar refractivity (Wildman–Crippen MR) is 85.1 cm³/mol. The molecule has 0 aromatic heterocycles. The molecule has 0 amide bonds. The molecule has 1 atom stereocenters. The Hall–Kier alpha value is -1.09. The number of benzene rings is 1. The molecule has 1 aromatic carbocycles. The van der Waals surface area contributed by atoms with Crippen LogP contribution in [0.2, 0.25) is 0 Å². The van der Waals surface area contributed by atoms with Gasteiger partial charge in [0, 0.05) is 11.6 Å². The first kappa shape index (κ1) is 16.3. The fraction of sp³-hybridized carbons (Fsp3) is 0.667. The molecule has 1 aromatic rings. The molecule has 0 aliphatic heterocycles. The lowest BCUT2D eigenvalue weighted by molar-refractivity contribution is 0.224. The third-order valence-electron chi connectivity index (χ3n) is 4.69. The molecule has 1 saturated carbocycles. The Morgan fingerprint density at radius 3 is 2.62 bits per heavy atom. The van der Waals surface area contributed by atoms with E-state index in [0.717, 1.165) is 18.9 Å². The Morgan fingerprint density at radius 2 is 2.00 bits per heavy atom. The van der Waals surface area contributed by atoms with E-state index in [1.54, 1.807) is 19.2 Å². The van der Waals surface area contributed by atoms with Gasteiger partial charge >= 0.3 is 0 Å². The molecule has 0 spiro atoms. The molecule has 2 nitrogen and oxygen atoms in total. The van der Waals surface area contributed by atoms with Crippen molar-refractivity contribution >= 4 is 0 Å². The number of hydrogen-bond acceptors (Lipinski definition) is 2. The van der Waals surface area contributed by atoms with Crippen molar-refractivity contribution in [3.05, 3.63) is 29.6 Å². The van der Waals surface area contributed by atoms with Crippen LogP contribution in [0.15, 0.2) is 18.2 Å². The van der Waals surface area contributed by atoms with Crippen molar-refractivity contribution in [2.75, 3.05) is 13.7 Å². The Kier molecular flexibility index (Phi) is 6.04. The number of methoxy groups -OCH3 is 1. The highest BCUT2D eigenvalue weighted by Gasteiger charge is 2.30. The lowest BCUT2D eigenvalue weighted by Gasteiger charge is -2.34. The number of ether oxygens (including phenoxy) is 1. The average molecular weight is 293 g/mol. The fourth-order valence-electron chi connectivity index (χ4n) is 3.42. The molecule has 118 valence electrons. The summed E-state index contributed by atoms with van der Waals surface area (Å²) in [5.41, 5.74) is 0.716. The Morgan fingerprint density at radius 1 is 1.29 bits per heavy atom. The highest BCUT2D eigenvalue weighted by molar-refractivity contribution is 5.37. The van der Waals surface area contributed by atoms with E-state index in [2.05, 4.69) is 19.2 Å². The Balaban J connectivity index is 2.27. The molecular weight excluding hydrogens is 265 g/mol. The molecule has 1 aliphatic carbocycles. The maximum Gasteiger partial charge on any atom is 0.131 e. The topological polar surface area (TPSA) is 21.3 Å². The van der Waals surface area contributed by atoms with Gasteiger partial charge in [-0.25, -0.2) is 4.39 Å². The van der Waals surface area contributed by atoms with Crippen molar-refractivity contribution in [3.8, 4) is 5.75 Å². The third kappa shape index (κ3) is 3.97. The largest absolute Gasteiger partial charge is 0.496 e. The molecule has 0 bridgehead atoms. The second-order valence-corrected chi connectivity index (χ2v) is 6.31. The van der Waals surface area contributed by atoms with Crippen LogP contribution in [0.5, 0.6) is 5.75 Å². The fourth-order valence-corrected chi connectivity index (χ4v) is 3.42. The first-order valence-corrected chi connectivity index (χ1v) is 8.23. The van der Waals surface area contributed by atoms with Crippen molar-refractivity contribution < 1.29 is 9.13 Å². The minimum Gasteiger partial charge on any atom is -0.496 e. The zero-order chi connectivity index (χ0) is 15.2. The van der Waals surface area contributed by atoms with E-state index in [4.69, 9.17) is 4.74 Å². The SMILES string of the molecule is CCCNC(c1c(F)cccc1OC)C1CCC(C)CC1. The summed E-state index contributed by atoms with van der Waals surface area (Å²) in [4.78, 5) is 0. The van der Waals surface area contributed by atoms with E-state index in [1.807, 2.05) is 6.07 Å².